The molecule has 0 saturated carbocycles. The van der Waals surface area contributed by atoms with E-state index in [0.717, 1.165) is 5.56 Å². The Labute approximate surface area is 161 Å². The van der Waals surface area contributed by atoms with Crippen LogP contribution in [0.25, 0.3) is 0 Å². The molecular weight excluding hydrogens is 361 g/mol. The van der Waals surface area contributed by atoms with E-state index in [1.807, 2.05) is 6.92 Å². The zero-order chi connectivity index (χ0) is 19.9. The zero-order valence-corrected chi connectivity index (χ0v) is 15.4. The topological polar surface area (TPSA) is 69.7 Å². The van der Waals surface area contributed by atoms with Crippen molar-refractivity contribution in [3.05, 3.63) is 65.5 Å². The maximum absolute atomic E-state index is 13.1. The summed E-state index contributed by atoms with van der Waals surface area (Å²) >= 11 is 0. The lowest BCUT2D eigenvalue weighted by atomic mass is 9.98. The predicted molar refractivity (Wildman–Crippen MR) is 101 cm³/mol. The summed E-state index contributed by atoms with van der Waals surface area (Å²) in [4.78, 5) is 41.2. The summed E-state index contributed by atoms with van der Waals surface area (Å²) in [6.07, 6.45) is 0.795. The maximum atomic E-state index is 13.1. The number of anilines is 1. The Morgan fingerprint density at radius 2 is 1.86 bits per heavy atom. The van der Waals surface area contributed by atoms with Crippen molar-refractivity contribution in [2.24, 2.45) is 0 Å². The molecule has 1 unspecified atom stereocenters. The maximum Gasteiger partial charge on any atom is 0.258 e. The summed E-state index contributed by atoms with van der Waals surface area (Å²) in [6.45, 7) is 1.89. The van der Waals surface area contributed by atoms with Gasteiger partial charge in [-0.25, -0.2) is 4.39 Å². The second kappa shape index (κ2) is 6.74. The summed E-state index contributed by atoms with van der Waals surface area (Å²) in [6, 6.07) is 12.8. The summed E-state index contributed by atoms with van der Waals surface area (Å²) < 4.78 is 13.0. The zero-order valence-electron chi connectivity index (χ0n) is 15.4. The van der Waals surface area contributed by atoms with E-state index < -0.39 is 5.66 Å². The van der Waals surface area contributed by atoms with E-state index in [1.165, 1.54) is 17.0 Å². The molecule has 3 amide bonds. The van der Waals surface area contributed by atoms with Crippen molar-refractivity contribution in [1.82, 2.24) is 10.2 Å². The molecular formula is C21H20FN3O3. The monoisotopic (exact) mass is 381 g/mol. The van der Waals surface area contributed by atoms with Crippen LogP contribution in [0.3, 0.4) is 0 Å². The number of nitrogens with one attached hydrogen (secondary N) is 1. The molecule has 4 rings (SSSR count). The molecule has 2 aliphatic heterocycles. The van der Waals surface area contributed by atoms with Gasteiger partial charge >= 0.3 is 0 Å². The van der Waals surface area contributed by atoms with Crippen LogP contribution in [-0.4, -0.2) is 34.8 Å². The Morgan fingerprint density at radius 3 is 2.61 bits per heavy atom. The van der Waals surface area contributed by atoms with Gasteiger partial charge in [0, 0.05) is 13.0 Å². The molecule has 144 valence electrons. The summed E-state index contributed by atoms with van der Waals surface area (Å²) in [5.41, 5.74) is 0.909. The summed E-state index contributed by atoms with van der Waals surface area (Å²) in [5.74, 6) is -0.996. The standard InChI is InChI=1S/C21H20FN3O3/c1-21-11-10-19(27)25(21)17-5-3-2-4-16(17)20(28)24(21)13-18(26)23-12-14-6-8-15(22)9-7-14/h2-9H,10-13H2,1H3,(H,23,26). The van der Waals surface area contributed by atoms with Gasteiger partial charge < -0.3 is 10.2 Å². The first-order valence-corrected chi connectivity index (χ1v) is 9.15. The minimum atomic E-state index is -0.865. The number of benzene rings is 2. The fourth-order valence-corrected chi connectivity index (χ4v) is 3.94. The van der Waals surface area contributed by atoms with E-state index in [4.69, 9.17) is 0 Å². The Balaban J connectivity index is 1.55. The lowest BCUT2D eigenvalue weighted by Crippen LogP contribution is -2.63. The summed E-state index contributed by atoms with van der Waals surface area (Å²) in [5, 5.41) is 2.76. The number of para-hydroxylation sites is 1. The molecule has 0 spiro atoms. The van der Waals surface area contributed by atoms with Gasteiger partial charge in [-0.3, -0.25) is 19.3 Å². The van der Waals surface area contributed by atoms with Crippen LogP contribution in [0, 0.1) is 5.82 Å². The fraction of sp³-hybridized carbons (Fsp3) is 0.286. The van der Waals surface area contributed by atoms with Gasteiger partial charge in [-0.15, -0.1) is 0 Å². The number of amides is 3. The lowest BCUT2D eigenvalue weighted by molar-refractivity contribution is -0.124. The van der Waals surface area contributed by atoms with Crippen molar-refractivity contribution in [2.75, 3.05) is 11.4 Å². The Morgan fingerprint density at radius 1 is 1.14 bits per heavy atom. The molecule has 2 aromatic carbocycles. The number of hydrogen-bond donors (Lipinski definition) is 1. The molecule has 28 heavy (non-hydrogen) atoms. The smallest absolute Gasteiger partial charge is 0.258 e. The van der Waals surface area contributed by atoms with Crippen LogP contribution in [0.15, 0.2) is 48.5 Å². The highest BCUT2D eigenvalue weighted by Crippen LogP contribution is 2.43. The molecule has 2 aromatic rings. The van der Waals surface area contributed by atoms with Crippen LogP contribution in [0.5, 0.6) is 0 Å². The van der Waals surface area contributed by atoms with Gasteiger partial charge in [-0.05, 0) is 43.2 Å². The molecule has 0 bridgehead atoms. The first-order valence-electron chi connectivity index (χ1n) is 9.15. The van der Waals surface area contributed by atoms with Gasteiger partial charge in [0.2, 0.25) is 11.8 Å². The minimum absolute atomic E-state index is 0.0563. The number of halogens is 1. The first-order chi connectivity index (χ1) is 13.4. The number of fused-ring (bicyclic) bond motifs is 3. The van der Waals surface area contributed by atoms with Crippen LogP contribution in [-0.2, 0) is 16.1 Å². The van der Waals surface area contributed by atoms with Crippen molar-refractivity contribution in [3.8, 4) is 0 Å². The molecule has 2 aliphatic rings. The summed E-state index contributed by atoms with van der Waals surface area (Å²) in [7, 11) is 0. The van der Waals surface area contributed by atoms with Crippen LogP contribution in [0.4, 0.5) is 10.1 Å². The molecule has 2 heterocycles. The van der Waals surface area contributed by atoms with E-state index in [2.05, 4.69) is 5.32 Å². The van der Waals surface area contributed by atoms with Gasteiger partial charge in [-0.2, -0.15) is 0 Å². The number of nitrogens with zero attached hydrogens (tertiary/aromatic N) is 2. The molecule has 1 fully saturated rings. The van der Waals surface area contributed by atoms with Crippen LogP contribution < -0.4 is 10.2 Å². The Kier molecular flexibility index (Phi) is 4.37. The molecule has 1 saturated heterocycles. The van der Waals surface area contributed by atoms with Crippen LogP contribution >= 0.6 is 0 Å². The van der Waals surface area contributed by atoms with Crippen molar-refractivity contribution in [2.45, 2.75) is 32.0 Å². The number of rotatable bonds is 4. The average Bonchev–Trinajstić information content (AvgIpc) is 3.00. The molecule has 0 aliphatic carbocycles. The van der Waals surface area contributed by atoms with Crippen LogP contribution in [0.2, 0.25) is 0 Å². The van der Waals surface area contributed by atoms with Gasteiger partial charge in [0.1, 0.15) is 18.0 Å². The number of carbonyl (C=O) groups excluding carboxylic acids is 3. The first kappa shape index (κ1) is 18.2. The third-order valence-electron chi connectivity index (χ3n) is 5.45. The van der Waals surface area contributed by atoms with E-state index in [1.54, 1.807) is 41.3 Å². The van der Waals surface area contributed by atoms with Gasteiger partial charge in [0.25, 0.3) is 5.91 Å². The van der Waals surface area contributed by atoms with E-state index in [0.29, 0.717) is 24.1 Å². The third kappa shape index (κ3) is 2.93. The van der Waals surface area contributed by atoms with Crippen LogP contribution in [0.1, 0.15) is 35.7 Å². The van der Waals surface area contributed by atoms with Crippen molar-refractivity contribution in [3.63, 3.8) is 0 Å². The highest BCUT2D eigenvalue weighted by Gasteiger charge is 2.53. The Bertz CT molecular complexity index is 960. The van der Waals surface area contributed by atoms with E-state index in [9.17, 15) is 18.8 Å². The molecule has 6 nitrogen and oxygen atoms in total. The van der Waals surface area contributed by atoms with E-state index in [-0.39, 0.29) is 36.6 Å². The second-order valence-corrected chi connectivity index (χ2v) is 7.26. The normalized spacial score (nSPS) is 20.8. The molecule has 0 aromatic heterocycles. The van der Waals surface area contributed by atoms with Crippen molar-refractivity contribution < 1.29 is 18.8 Å². The highest BCUT2D eigenvalue weighted by atomic mass is 19.1. The van der Waals surface area contributed by atoms with Crippen molar-refractivity contribution in [1.29, 1.82) is 0 Å². The third-order valence-corrected chi connectivity index (χ3v) is 5.45. The number of carbonyl (C=O) groups is 3. The molecule has 7 heteroatoms. The van der Waals surface area contributed by atoms with Gasteiger partial charge in [0.15, 0.2) is 0 Å². The average molecular weight is 381 g/mol. The fourth-order valence-electron chi connectivity index (χ4n) is 3.94. The molecule has 0 radical (unpaired) electrons. The molecule has 1 N–H and O–H groups in total. The van der Waals surface area contributed by atoms with Crippen molar-refractivity contribution >= 4 is 23.4 Å². The van der Waals surface area contributed by atoms with Gasteiger partial charge in [0.05, 0.1) is 11.3 Å². The second-order valence-electron chi connectivity index (χ2n) is 7.26. The largest absolute Gasteiger partial charge is 0.350 e. The predicted octanol–water partition coefficient (Wildman–Crippen LogP) is 2.44. The lowest BCUT2D eigenvalue weighted by Gasteiger charge is -2.48. The minimum Gasteiger partial charge on any atom is -0.350 e. The van der Waals surface area contributed by atoms with Gasteiger partial charge in [-0.1, -0.05) is 24.3 Å². The SMILES string of the molecule is CC12CCC(=O)N1c1ccccc1C(=O)N2CC(=O)NCc1ccc(F)cc1. The van der Waals surface area contributed by atoms with E-state index >= 15 is 0 Å². The highest BCUT2D eigenvalue weighted by molar-refractivity contribution is 6.11. The Hall–Kier alpha value is -3.22. The quantitative estimate of drug-likeness (QED) is 0.884. The number of hydrogen-bond acceptors (Lipinski definition) is 3. The molecule has 1 atom stereocenters.